The third-order valence-corrected chi connectivity index (χ3v) is 3.47. The second-order valence-electron chi connectivity index (χ2n) is 4.87. The van der Waals surface area contributed by atoms with E-state index in [1.807, 2.05) is 0 Å². The quantitative estimate of drug-likeness (QED) is 0.898. The van der Waals surface area contributed by atoms with Crippen molar-refractivity contribution in [1.82, 2.24) is 5.32 Å². The highest BCUT2D eigenvalue weighted by Gasteiger charge is 2.40. The van der Waals surface area contributed by atoms with Gasteiger partial charge in [-0.2, -0.15) is 0 Å². The van der Waals surface area contributed by atoms with Gasteiger partial charge in [-0.3, -0.25) is 4.79 Å². The predicted molar refractivity (Wildman–Crippen MR) is 70.9 cm³/mol. The van der Waals surface area contributed by atoms with Crippen molar-refractivity contribution >= 4 is 18.3 Å². The Balaban J connectivity index is 0.00000180. The molecule has 0 radical (unpaired) electrons. The Morgan fingerprint density at radius 1 is 1.42 bits per heavy atom. The molecule has 3 N–H and O–H groups in total. The molecule has 3 nitrogen and oxygen atoms in total. The van der Waals surface area contributed by atoms with E-state index in [4.69, 9.17) is 5.73 Å². The molecule has 2 rings (SSSR count). The van der Waals surface area contributed by atoms with E-state index in [-0.39, 0.29) is 23.9 Å². The van der Waals surface area contributed by atoms with Crippen LogP contribution in [0.3, 0.4) is 0 Å². The SMILES string of the molecule is CC(NC(=O)C1(N)CCC1)c1ccc(F)cc1F.Cl. The molecule has 0 heterocycles. The summed E-state index contributed by atoms with van der Waals surface area (Å²) in [5, 5.41) is 2.67. The van der Waals surface area contributed by atoms with E-state index in [0.29, 0.717) is 12.8 Å². The molecule has 1 saturated carbocycles. The number of rotatable bonds is 3. The Labute approximate surface area is 117 Å². The van der Waals surface area contributed by atoms with Crippen LogP contribution in [0, 0.1) is 11.6 Å². The predicted octanol–water partition coefficient (Wildman–Crippen LogP) is 2.45. The molecule has 19 heavy (non-hydrogen) atoms. The zero-order chi connectivity index (χ0) is 13.3. The number of nitrogens with two attached hydrogens (primary N) is 1. The zero-order valence-electron chi connectivity index (χ0n) is 10.6. The minimum absolute atomic E-state index is 0. The first-order valence-electron chi connectivity index (χ1n) is 5.97. The maximum Gasteiger partial charge on any atom is 0.240 e. The number of hydrogen-bond acceptors (Lipinski definition) is 2. The molecule has 0 saturated heterocycles. The smallest absolute Gasteiger partial charge is 0.240 e. The molecule has 1 aromatic rings. The Morgan fingerprint density at radius 3 is 2.53 bits per heavy atom. The van der Waals surface area contributed by atoms with Crippen LogP contribution in [0.5, 0.6) is 0 Å². The van der Waals surface area contributed by atoms with Gasteiger partial charge in [-0.05, 0) is 32.3 Å². The third-order valence-electron chi connectivity index (χ3n) is 3.47. The van der Waals surface area contributed by atoms with Gasteiger partial charge < -0.3 is 11.1 Å². The highest BCUT2D eigenvalue weighted by atomic mass is 35.5. The zero-order valence-corrected chi connectivity index (χ0v) is 11.4. The maximum absolute atomic E-state index is 13.5. The van der Waals surface area contributed by atoms with Crippen molar-refractivity contribution < 1.29 is 13.6 Å². The van der Waals surface area contributed by atoms with Crippen LogP contribution in [0.25, 0.3) is 0 Å². The van der Waals surface area contributed by atoms with Gasteiger partial charge in [-0.15, -0.1) is 12.4 Å². The van der Waals surface area contributed by atoms with Crippen LogP contribution in [0.15, 0.2) is 18.2 Å². The van der Waals surface area contributed by atoms with Gasteiger partial charge in [0.25, 0.3) is 0 Å². The average molecular weight is 291 g/mol. The number of benzene rings is 1. The molecular formula is C13H17ClF2N2O. The van der Waals surface area contributed by atoms with Crippen molar-refractivity contribution in [2.24, 2.45) is 5.73 Å². The second kappa shape index (κ2) is 5.84. The summed E-state index contributed by atoms with van der Waals surface area (Å²) in [5.41, 5.74) is 5.31. The second-order valence-corrected chi connectivity index (χ2v) is 4.87. The Morgan fingerprint density at radius 2 is 2.05 bits per heavy atom. The van der Waals surface area contributed by atoms with Gasteiger partial charge in [0.05, 0.1) is 11.6 Å². The van der Waals surface area contributed by atoms with Gasteiger partial charge in [0.1, 0.15) is 11.6 Å². The summed E-state index contributed by atoms with van der Waals surface area (Å²) in [6, 6.07) is 2.78. The van der Waals surface area contributed by atoms with Gasteiger partial charge in [0.2, 0.25) is 5.91 Å². The maximum atomic E-state index is 13.5. The van der Waals surface area contributed by atoms with Crippen LogP contribution >= 0.6 is 12.4 Å². The summed E-state index contributed by atoms with van der Waals surface area (Å²) in [6.07, 6.45) is 2.23. The summed E-state index contributed by atoms with van der Waals surface area (Å²) >= 11 is 0. The van der Waals surface area contributed by atoms with Crippen molar-refractivity contribution in [1.29, 1.82) is 0 Å². The number of nitrogens with one attached hydrogen (secondary N) is 1. The van der Waals surface area contributed by atoms with Crippen LogP contribution in [-0.2, 0) is 4.79 Å². The number of amides is 1. The van der Waals surface area contributed by atoms with Crippen molar-refractivity contribution in [3.63, 3.8) is 0 Å². The van der Waals surface area contributed by atoms with E-state index in [1.165, 1.54) is 12.1 Å². The molecular weight excluding hydrogens is 274 g/mol. The van der Waals surface area contributed by atoms with Crippen LogP contribution in [0.1, 0.15) is 37.8 Å². The van der Waals surface area contributed by atoms with E-state index in [0.717, 1.165) is 12.5 Å². The van der Waals surface area contributed by atoms with Gasteiger partial charge in [-0.25, -0.2) is 8.78 Å². The minimum Gasteiger partial charge on any atom is -0.348 e. The normalized spacial score (nSPS) is 17.9. The molecule has 1 atom stereocenters. The largest absolute Gasteiger partial charge is 0.348 e. The fraction of sp³-hybridized carbons (Fsp3) is 0.462. The summed E-state index contributed by atoms with van der Waals surface area (Å²) in [5.74, 6) is -1.57. The van der Waals surface area contributed by atoms with Gasteiger partial charge in [0.15, 0.2) is 0 Å². The fourth-order valence-electron chi connectivity index (χ4n) is 2.06. The monoisotopic (exact) mass is 290 g/mol. The Bertz CT molecular complexity index is 478. The molecule has 6 heteroatoms. The molecule has 0 bridgehead atoms. The summed E-state index contributed by atoms with van der Waals surface area (Å²) < 4.78 is 26.3. The molecule has 1 aliphatic carbocycles. The van der Waals surface area contributed by atoms with Gasteiger partial charge >= 0.3 is 0 Å². The van der Waals surface area contributed by atoms with Gasteiger partial charge in [-0.1, -0.05) is 6.07 Å². The molecule has 1 unspecified atom stereocenters. The topological polar surface area (TPSA) is 55.1 Å². The molecule has 1 amide bonds. The first-order chi connectivity index (χ1) is 8.42. The summed E-state index contributed by atoms with van der Waals surface area (Å²) in [6.45, 7) is 1.65. The first kappa shape index (κ1) is 15.9. The lowest BCUT2D eigenvalue weighted by atomic mass is 9.77. The van der Waals surface area contributed by atoms with E-state index >= 15 is 0 Å². The van der Waals surface area contributed by atoms with Crippen LogP contribution in [-0.4, -0.2) is 11.4 Å². The molecule has 1 aliphatic rings. The van der Waals surface area contributed by atoms with Crippen molar-refractivity contribution in [3.05, 3.63) is 35.4 Å². The van der Waals surface area contributed by atoms with E-state index < -0.39 is 23.2 Å². The standard InChI is InChI=1S/C13H16F2N2O.ClH/c1-8(10-4-3-9(14)7-11(10)15)17-12(18)13(16)5-2-6-13;/h3-4,7-8H,2,5-6,16H2,1H3,(H,17,18);1H. The fourth-order valence-corrected chi connectivity index (χ4v) is 2.06. The highest BCUT2D eigenvalue weighted by molar-refractivity contribution is 5.87. The molecule has 0 spiro atoms. The Hall–Kier alpha value is -1.20. The van der Waals surface area contributed by atoms with Crippen LogP contribution < -0.4 is 11.1 Å². The molecule has 106 valence electrons. The lowest BCUT2D eigenvalue weighted by Crippen LogP contribution is -2.58. The van der Waals surface area contributed by atoms with Crippen molar-refractivity contribution in [3.8, 4) is 0 Å². The lowest BCUT2D eigenvalue weighted by molar-refractivity contribution is -0.129. The van der Waals surface area contributed by atoms with E-state index in [9.17, 15) is 13.6 Å². The highest BCUT2D eigenvalue weighted by Crippen LogP contribution is 2.30. The summed E-state index contributed by atoms with van der Waals surface area (Å²) in [4.78, 5) is 11.9. The molecule has 0 aromatic heterocycles. The molecule has 0 aliphatic heterocycles. The van der Waals surface area contributed by atoms with Crippen LogP contribution in [0.4, 0.5) is 8.78 Å². The van der Waals surface area contributed by atoms with E-state index in [1.54, 1.807) is 6.92 Å². The minimum atomic E-state index is -0.815. The van der Waals surface area contributed by atoms with E-state index in [2.05, 4.69) is 5.32 Å². The molecule has 1 fully saturated rings. The number of halogens is 3. The average Bonchev–Trinajstić information content (AvgIpc) is 2.25. The number of carbonyl (C=O) groups is 1. The van der Waals surface area contributed by atoms with Crippen molar-refractivity contribution in [2.45, 2.75) is 37.8 Å². The Kier molecular flexibility index (Phi) is 4.87. The number of carbonyl (C=O) groups excluding carboxylic acids is 1. The first-order valence-corrected chi connectivity index (χ1v) is 5.97. The lowest BCUT2D eigenvalue weighted by Gasteiger charge is -2.37. The van der Waals surface area contributed by atoms with Gasteiger partial charge in [0, 0.05) is 11.6 Å². The molecule has 1 aromatic carbocycles. The van der Waals surface area contributed by atoms with Crippen molar-refractivity contribution in [2.75, 3.05) is 0 Å². The summed E-state index contributed by atoms with van der Waals surface area (Å²) in [7, 11) is 0. The number of hydrogen-bond donors (Lipinski definition) is 2. The van der Waals surface area contributed by atoms with Crippen LogP contribution in [0.2, 0.25) is 0 Å². The third kappa shape index (κ3) is 3.22.